The number of ether oxygens (including phenoxy) is 1. The Kier molecular flexibility index (Phi) is 7.04. The molecule has 222 valence electrons. The molecule has 2 aromatic carbocycles. The third-order valence-electron chi connectivity index (χ3n) is 9.78. The number of rotatable bonds is 7. The normalized spacial score (nSPS) is 20.1. The van der Waals surface area contributed by atoms with Crippen molar-refractivity contribution in [3.63, 3.8) is 0 Å². The third kappa shape index (κ3) is 4.91. The number of anilines is 1. The standard InChI is InChI=1S/C34H35ClN4O4/c1-21-16-24(35)4-6-27(21)30-34(11-2-3-12-34)33(42)39(30)20-22-9-14-38(15-10-22)25-5-7-28(32(40)41)29(18-25)43-26-17-23-8-13-36-31(23)37-19-26/h4-8,13,16-19,22,30H,2-3,9-12,14-15,20H2,1H3,(H,36,37)(H,40,41). The highest BCUT2D eigenvalue weighted by atomic mass is 35.5. The van der Waals surface area contributed by atoms with Crippen molar-refractivity contribution in [3.8, 4) is 11.5 Å². The highest BCUT2D eigenvalue weighted by molar-refractivity contribution is 6.30. The van der Waals surface area contributed by atoms with Gasteiger partial charge in [0.2, 0.25) is 5.91 Å². The van der Waals surface area contributed by atoms with Crippen LogP contribution in [0.5, 0.6) is 11.5 Å². The van der Waals surface area contributed by atoms with E-state index >= 15 is 0 Å². The SMILES string of the molecule is Cc1cc(Cl)ccc1C1N(CC2CCN(c3ccc(C(=O)O)c(Oc4cnc5[nH]ccc5c4)c3)CC2)C(=O)C12CCCC2. The number of nitrogens with one attached hydrogen (secondary N) is 1. The van der Waals surface area contributed by atoms with Crippen molar-refractivity contribution in [2.75, 3.05) is 24.5 Å². The summed E-state index contributed by atoms with van der Waals surface area (Å²) in [5.74, 6) is 0.459. The van der Waals surface area contributed by atoms with Gasteiger partial charge in [-0.15, -0.1) is 0 Å². The number of aromatic amines is 1. The van der Waals surface area contributed by atoms with E-state index in [0.717, 1.165) is 85.5 Å². The second-order valence-corrected chi connectivity index (χ2v) is 12.8. The zero-order valence-corrected chi connectivity index (χ0v) is 24.9. The predicted molar refractivity (Wildman–Crippen MR) is 166 cm³/mol. The number of aryl methyl sites for hydroxylation is 1. The number of β-lactam (4-membered cyclic amide) rings is 1. The van der Waals surface area contributed by atoms with Crippen LogP contribution >= 0.6 is 11.6 Å². The molecule has 2 aromatic heterocycles. The predicted octanol–water partition coefficient (Wildman–Crippen LogP) is 7.38. The number of aromatic nitrogens is 2. The average Bonchev–Trinajstić information content (AvgIpc) is 3.69. The number of amides is 1. The lowest BCUT2D eigenvalue weighted by molar-refractivity contribution is -0.174. The van der Waals surface area contributed by atoms with Crippen LogP contribution in [0.1, 0.15) is 66.1 Å². The number of H-pyrrole nitrogens is 1. The minimum atomic E-state index is -1.04. The highest BCUT2D eigenvalue weighted by Crippen LogP contribution is 2.60. The number of carboxylic acid groups (broad SMARTS) is 1. The van der Waals surface area contributed by atoms with Crippen molar-refractivity contribution in [1.29, 1.82) is 0 Å². The van der Waals surface area contributed by atoms with Gasteiger partial charge in [0.1, 0.15) is 22.7 Å². The number of likely N-dealkylation sites (tertiary alicyclic amines) is 1. The van der Waals surface area contributed by atoms with E-state index in [9.17, 15) is 14.7 Å². The molecule has 1 atom stereocenters. The Morgan fingerprint density at radius 3 is 2.65 bits per heavy atom. The summed E-state index contributed by atoms with van der Waals surface area (Å²) in [5, 5.41) is 11.4. The lowest BCUT2D eigenvalue weighted by Crippen LogP contribution is -2.63. The van der Waals surface area contributed by atoms with Gasteiger partial charge in [-0.1, -0.05) is 30.5 Å². The Hall–Kier alpha value is -4.04. The highest BCUT2D eigenvalue weighted by Gasteiger charge is 2.61. The van der Waals surface area contributed by atoms with E-state index in [2.05, 4.69) is 32.8 Å². The van der Waals surface area contributed by atoms with E-state index < -0.39 is 5.97 Å². The van der Waals surface area contributed by atoms with Crippen LogP contribution < -0.4 is 9.64 Å². The van der Waals surface area contributed by atoms with Crippen LogP contribution in [-0.4, -0.2) is 51.5 Å². The number of carbonyl (C=O) groups is 2. The molecule has 43 heavy (non-hydrogen) atoms. The van der Waals surface area contributed by atoms with Crippen molar-refractivity contribution in [2.45, 2.75) is 51.5 Å². The summed E-state index contributed by atoms with van der Waals surface area (Å²) in [6, 6.07) is 15.2. The first-order chi connectivity index (χ1) is 20.8. The smallest absolute Gasteiger partial charge is 0.339 e. The maximum Gasteiger partial charge on any atom is 0.339 e. The summed E-state index contributed by atoms with van der Waals surface area (Å²) >= 11 is 6.28. The van der Waals surface area contributed by atoms with Gasteiger partial charge in [0.15, 0.2) is 0 Å². The number of piperidine rings is 1. The molecule has 1 spiro atoms. The molecule has 3 aliphatic rings. The molecule has 1 unspecified atom stereocenters. The Bertz CT molecular complexity index is 1700. The number of carboxylic acids is 1. The van der Waals surface area contributed by atoms with Crippen molar-refractivity contribution in [1.82, 2.24) is 14.9 Å². The molecule has 4 aromatic rings. The Morgan fingerprint density at radius 1 is 1.12 bits per heavy atom. The first kappa shape index (κ1) is 27.8. The number of aromatic carboxylic acids is 1. The number of hydrogen-bond donors (Lipinski definition) is 2. The molecule has 1 saturated carbocycles. The molecule has 0 radical (unpaired) electrons. The molecular weight excluding hydrogens is 564 g/mol. The first-order valence-corrected chi connectivity index (χ1v) is 15.5. The molecule has 4 heterocycles. The lowest BCUT2D eigenvalue weighted by Gasteiger charge is -2.56. The molecule has 2 N–H and O–H groups in total. The maximum atomic E-state index is 13.7. The lowest BCUT2D eigenvalue weighted by atomic mass is 9.65. The summed E-state index contributed by atoms with van der Waals surface area (Å²) in [5.41, 5.74) is 3.92. The van der Waals surface area contributed by atoms with E-state index in [0.29, 0.717) is 17.6 Å². The number of pyridine rings is 1. The minimum Gasteiger partial charge on any atom is -0.478 e. The summed E-state index contributed by atoms with van der Waals surface area (Å²) in [6.07, 6.45) is 9.47. The molecule has 8 nitrogen and oxygen atoms in total. The molecule has 7 rings (SSSR count). The fourth-order valence-electron chi connectivity index (χ4n) is 7.57. The van der Waals surface area contributed by atoms with Crippen LogP contribution in [0.15, 0.2) is 60.9 Å². The van der Waals surface area contributed by atoms with E-state index in [1.807, 2.05) is 36.4 Å². The minimum absolute atomic E-state index is 0.105. The zero-order chi connectivity index (χ0) is 29.7. The number of halogens is 1. The fraction of sp³-hybridized carbons (Fsp3) is 0.382. The molecule has 2 saturated heterocycles. The van der Waals surface area contributed by atoms with Gasteiger partial charge in [-0.05, 0) is 86.1 Å². The zero-order valence-electron chi connectivity index (χ0n) is 24.2. The van der Waals surface area contributed by atoms with Gasteiger partial charge in [0.05, 0.1) is 17.7 Å². The van der Waals surface area contributed by atoms with E-state index in [-0.39, 0.29) is 22.8 Å². The summed E-state index contributed by atoms with van der Waals surface area (Å²) in [6.45, 7) is 4.52. The maximum absolute atomic E-state index is 13.7. The monoisotopic (exact) mass is 598 g/mol. The topological polar surface area (TPSA) is 98.8 Å². The second kappa shape index (κ2) is 10.9. The molecule has 3 fully saturated rings. The fourth-order valence-corrected chi connectivity index (χ4v) is 7.80. The molecule has 1 amide bonds. The largest absolute Gasteiger partial charge is 0.478 e. The van der Waals surface area contributed by atoms with Crippen molar-refractivity contribution in [3.05, 3.63) is 82.6 Å². The molecule has 9 heteroatoms. The van der Waals surface area contributed by atoms with Gasteiger partial charge >= 0.3 is 5.97 Å². The molecule has 1 aliphatic carbocycles. The Morgan fingerprint density at radius 2 is 1.91 bits per heavy atom. The van der Waals surface area contributed by atoms with E-state index in [1.165, 1.54) is 5.56 Å². The summed E-state index contributed by atoms with van der Waals surface area (Å²) in [7, 11) is 0. The number of nitrogens with zero attached hydrogens (tertiary/aromatic N) is 3. The van der Waals surface area contributed by atoms with Gasteiger partial charge < -0.3 is 24.6 Å². The van der Waals surface area contributed by atoms with Gasteiger partial charge in [0.25, 0.3) is 0 Å². The summed E-state index contributed by atoms with van der Waals surface area (Å²) < 4.78 is 6.07. The Labute approximate surface area is 255 Å². The van der Waals surface area contributed by atoms with Crippen molar-refractivity contribution < 1.29 is 19.4 Å². The van der Waals surface area contributed by atoms with Crippen LogP contribution in [0.2, 0.25) is 5.02 Å². The molecular formula is C34H35ClN4O4. The van der Waals surface area contributed by atoms with Gasteiger partial charge in [-0.2, -0.15) is 0 Å². The first-order valence-electron chi connectivity index (χ1n) is 15.1. The van der Waals surface area contributed by atoms with Crippen LogP contribution in [0.25, 0.3) is 11.0 Å². The second-order valence-electron chi connectivity index (χ2n) is 12.3. The number of benzene rings is 2. The number of hydrogen-bond acceptors (Lipinski definition) is 5. The van der Waals surface area contributed by atoms with Gasteiger partial charge in [-0.25, -0.2) is 9.78 Å². The summed E-state index contributed by atoms with van der Waals surface area (Å²) in [4.78, 5) is 37.5. The number of fused-ring (bicyclic) bond motifs is 1. The molecule has 2 aliphatic heterocycles. The molecule has 0 bridgehead atoms. The van der Waals surface area contributed by atoms with Crippen LogP contribution in [0, 0.1) is 18.3 Å². The Balaban J connectivity index is 1.05. The third-order valence-corrected chi connectivity index (χ3v) is 10.0. The number of carbonyl (C=O) groups excluding carboxylic acids is 1. The van der Waals surface area contributed by atoms with Crippen molar-refractivity contribution in [2.24, 2.45) is 11.3 Å². The van der Waals surface area contributed by atoms with Crippen molar-refractivity contribution >= 4 is 40.2 Å². The average molecular weight is 599 g/mol. The van der Waals surface area contributed by atoms with E-state index in [1.54, 1.807) is 18.5 Å². The van der Waals surface area contributed by atoms with Gasteiger partial charge in [0, 0.05) is 48.0 Å². The van der Waals surface area contributed by atoms with E-state index in [4.69, 9.17) is 16.3 Å². The van der Waals surface area contributed by atoms with Crippen LogP contribution in [-0.2, 0) is 4.79 Å². The quantitative estimate of drug-likeness (QED) is 0.215. The van der Waals surface area contributed by atoms with Crippen LogP contribution in [0.4, 0.5) is 5.69 Å². The van der Waals surface area contributed by atoms with Gasteiger partial charge in [-0.3, -0.25) is 4.79 Å². The van der Waals surface area contributed by atoms with Crippen LogP contribution in [0.3, 0.4) is 0 Å².